The van der Waals surface area contributed by atoms with Crippen molar-refractivity contribution in [1.82, 2.24) is 15.0 Å². The van der Waals surface area contributed by atoms with Gasteiger partial charge in [0.05, 0.1) is 5.39 Å². The number of aromatic amines is 1. The number of H-pyrrole nitrogens is 1. The van der Waals surface area contributed by atoms with Crippen LogP contribution in [-0.4, -0.2) is 15.0 Å². The first-order chi connectivity index (χ1) is 6.58. The molecule has 0 aliphatic heterocycles. The molecular weight excluding hydrogens is 196 g/mol. The van der Waals surface area contributed by atoms with Gasteiger partial charge < -0.3 is 10.7 Å². The molecule has 0 aliphatic rings. The Morgan fingerprint density at radius 2 is 2.07 bits per heavy atom. The Hall–Kier alpha value is -1.49. The van der Waals surface area contributed by atoms with Crippen LogP contribution in [0.3, 0.4) is 0 Å². The third kappa shape index (κ3) is 1.35. The van der Waals surface area contributed by atoms with E-state index in [0.29, 0.717) is 16.2 Å². The highest BCUT2D eigenvalue weighted by Crippen LogP contribution is 2.17. The van der Waals surface area contributed by atoms with E-state index in [1.807, 2.05) is 19.9 Å². The number of rotatable bonds is 0. The first-order valence-electron chi connectivity index (χ1n) is 4.21. The molecule has 0 unspecified atom stereocenters. The van der Waals surface area contributed by atoms with E-state index in [1.165, 1.54) is 0 Å². The Morgan fingerprint density at radius 1 is 1.36 bits per heavy atom. The highest BCUT2D eigenvalue weighted by Gasteiger charge is 2.04. The number of pyridine rings is 1. The summed E-state index contributed by atoms with van der Waals surface area (Å²) < 4.78 is 0.501. The molecule has 5 heteroatoms. The second kappa shape index (κ2) is 3.02. The molecule has 0 atom stereocenters. The van der Waals surface area contributed by atoms with E-state index in [9.17, 15) is 0 Å². The number of nitrogen functional groups attached to an aromatic ring is 1. The summed E-state index contributed by atoms with van der Waals surface area (Å²) in [7, 11) is 0. The zero-order chi connectivity index (χ0) is 10.3. The maximum absolute atomic E-state index is 5.55. The number of nitrogens with zero attached hydrogens (tertiary/aromatic N) is 2. The Balaban J connectivity index is 3.02. The molecule has 0 amide bonds. The van der Waals surface area contributed by atoms with Crippen LogP contribution in [0.4, 0.5) is 5.95 Å². The summed E-state index contributed by atoms with van der Waals surface area (Å²) in [6, 6.07) is 1.98. The van der Waals surface area contributed by atoms with Crippen LogP contribution in [0.2, 0.25) is 0 Å². The summed E-state index contributed by atoms with van der Waals surface area (Å²) in [5.41, 5.74) is 8.27. The van der Waals surface area contributed by atoms with E-state index >= 15 is 0 Å². The standard InChI is InChI=1S/C9H10N4S/c1-4-3-5(2)11-7-6(4)8(14)13-9(10)12-7/h3H,1-2H3,(H3,10,11,12,13,14). The van der Waals surface area contributed by atoms with Gasteiger partial charge in [-0.3, -0.25) is 0 Å². The smallest absolute Gasteiger partial charge is 0.200 e. The molecule has 0 aromatic carbocycles. The maximum Gasteiger partial charge on any atom is 0.200 e. The third-order valence-corrected chi connectivity index (χ3v) is 2.32. The summed E-state index contributed by atoms with van der Waals surface area (Å²) in [5, 5.41) is 0.875. The van der Waals surface area contributed by atoms with Gasteiger partial charge in [-0.15, -0.1) is 0 Å². The van der Waals surface area contributed by atoms with Crippen molar-refractivity contribution >= 4 is 29.2 Å². The van der Waals surface area contributed by atoms with Crippen LogP contribution < -0.4 is 5.73 Å². The van der Waals surface area contributed by atoms with Crippen LogP contribution in [0.5, 0.6) is 0 Å². The van der Waals surface area contributed by atoms with Crippen LogP contribution in [0.25, 0.3) is 11.0 Å². The molecule has 2 aromatic heterocycles. The van der Waals surface area contributed by atoms with E-state index < -0.39 is 0 Å². The Morgan fingerprint density at radius 3 is 2.79 bits per heavy atom. The van der Waals surface area contributed by atoms with Gasteiger partial charge in [0.1, 0.15) is 10.3 Å². The lowest BCUT2D eigenvalue weighted by Gasteiger charge is -2.03. The van der Waals surface area contributed by atoms with Crippen molar-refractivity contribution in [3.05, 3.63) is 22.0 Å². The summed E-state index contributed by atoms with van der Waals surface area (Å²) in [5.74, 6) is 0.306. The van der Waals surface area contributed by atoms with E-state index in [1.54, 1.807) is 0 Å². The van der Waals surface area contributed by atoms with E-state index in [-0.39, 0.29) is 0 Å². The SMILES string of the molecule is Cc1cc(C)c2c(=S)nc(N)[nH]c2n1. The number of hydrogen-bond acceptors (Lipinski definition) is 4. The minimum Gasteiger partial charge on any atom is -0.369 e. The molecule has 2 aromatic rings. The van der Waals surface area contributed by atoms with Gasteiger partial charge in [-0.2, -0.15) is 0 Å². The van der Waals surface area contributed by atoms with Gasteiger partial charge in [0.25, 0.3) is 0 Å². The average molecular weight is 206 g/mol. The number of nitrogens with one attached hydrogen (secondary N) is 1. The molecule has 0 bridgehead atoms. The second-order valence-corrected chi connectivity index (χ2v) is 3.62. The normalized spacial score (nSPS) is 10.7. The minimum absolute atomic E-state index is 0.306. The van der Waals surface area contributed by atoms with Crippen molar-refractivity contribution in [2.24, 2.45) is 0 Å². The topological polar surface area (TPSA) is 67.6 Å². The van der Waals surface area contributed by atoms with Gasteiger partial charge in [0.2, 0.25) is 0 Å². The van der Waals surface area contributed by atoms with Crippen molar-refractivity contribution in [2.45, 2.75) is 13.8 Å². The average Bonchev–Trinajstić information content (AvgIpc) is 1.99. The summed E-state index contributed by atoms with van der Waals surface area (Å²) >= 11 is 5.12. The molecule has 0 radical (unpaired) electrons. The predicted octanol–water partition coefficient (Wildman–Crippen LogP) is 1.89. The zero-order valence-electron chi connectivity index (χ0n) is 7.96. The number of fused-ring (bicyclic) bond motifs is 1. The van der Waals surface area contributed by atoms with Crippen LogP contribution in [0.1, 0.15) is 11.3 Å². The number of aromatic nitrogens is 3. The maximum atomic E-state index is 5.55. The lowest BCUT2D eigenvalue weighted by Crippen LogP contribution is -1.99. The van der Waals surface area contributed by atoms with Gasteiger partial charge in [-0.05, 0) is 25.5 Å². The summed E-state index contributed by atoms with van der Waals surface area (Å²) in [6.07, 6.45) is 0. The lowest BCUT2D eigenvalue weighted by molar-refractivity contribution is 1.14. The molecule has 0 spiro atoms. The zero-order valence-corrected chi connectivity index (χ0v) is 8.77. The van der Waals surface area contributed by atoms with Crippen LogP contribution >= 0.6 is 12.2 Å². The van der Waals surface area contributed by atoms with Crippen molar-refractivity contribution in [3.8, 4) is 0 Å². The molecule has 72 valence electrons. The van der Waals surface area contributed by atoms with Gasteiger partial charge in [0.15, 0.2) is 5.95 Å². The van der Waals surface area contributed by atoms with E-state index in [2.05, 4.69) is 15.0 Å². The quantitative estimate of drug-likeness (QED) is 0.646. The lowest BCUT2D eigenvalue weighted by atomic mass is 10.2. The van der Waals surface area contributed by atoms with Gasteiger partial charge in [0, 0.05) is 5.69 Å². The van der Waals surface area contributed by atoms with Crippen molar-refractivity contribution in [2.75, 3.05) is 5.73 Å². The summed E-state index contributed by atoms with van der Waals surface area (Å²) in [6.45, 7) is 3.92. The fourth-order valence-corrected chi connectivity index (χ4v) is 1.87. The molecule has 0 aliphatic carbocycles. The van der Waals surface area contributed by atoms with Crippen LogP contribution in [-0.2, 0) is 0 Å². The Labute approximate surface area is 86.2 Å². The third-order valence-electron chi connectivity index (χ3n) is 2.03. The first-order valence-corrected chi connectivity index (χ1v) is 4.62. The monoisotopic (exact) mass is 206 g/mol. The molecule has 0 fully saturated rings. The minimum atomic E-state index is 0.306. The van der Waals surface area contributed by atoms with E-state index in [4.69, 9.17) is 18.0 Å². The fraction of sp³-hybridized carbons (Fsp3) is 0.222. The molecule has 2 rings (SSSR count). The largest absolute Gasteiger partial charge is 0.369 e. The number of nitrogens with two attached hydrogens (primary N) is 1. The molecule has 0 saturated heterocycles. The van der Waals surface area contributed by atoms with Crippen molar-refractivity contribution < 1.29 is 0 Å². The Kier molecular flexibility index (Phi) is 1.96. The Bertz CT molecular complexity index is 553. The molecule has 0 saturated carbocycles. The molecule has 2 heterocycles. The highest BCUT2D eigenvalue weighted by atomic mass is 32.1. The molecule has 14 heavy (non-hydrogen) atoms. The molecule has 4 nitrogen and oxygen atoms in total. The number of anilines is 1. The number of aryl methyl sites for hydroxylation is 2. The molecular formula is C9H10N4S. The highest BCUT2D eigenvalue weighted by molar-refractivity contribution is 7.71. The molecule has 3 N–H and O–H groups in total. The van der Waals surface area contributed by atoms with Crippen LogP contribution in [0.15, 0.2) is 6.07 Å². The fourth-order valence-electron chi connectivity index (χ4n) is 1.51. The summed E-state index contributed by atoms with van der Waals surface area (Å²) in [4.78, 5) is 11.2. The van der Waals surface area contributed by atoms with Gasteiger partial charge in [-0.1, -0.05) is 12.2 Å². The van der Waals surface area contributed by atoms with Gasteiger partial charge in [-0.25, -0.2) is 9.97 Å². The van der Waals surface area contributed by atoms with Crippen molar-refractivity contribution in [3.63, 3.8) is 0 Å². The predicted molar refractivity (Wildman–Crippen MR) is 58.6 cm³/mol. The first kappa shape index (κ1) is 9.08. The van der Waals surface area contributed by atoms with Gasteiger partial charge >= 0.3 is 0 Å². The van der Waals surface area contributed by atoms with E-state index in [0.717, 1.165) is 16.6 Å². The second-order valence-electron chi connectivity index (χ2n) is 3.23. The van der Waals surface area contributed by atoms with Crippen molar-refractivity contribution in [1.29, 1.82) is 0 Å². The van der Waals surface area contributed by atoms with Crippen LogP contribution in [0, 0.1) is 18.5 Å². The number of hydrogen-bond donors (Lipinski definition) is 2.